The molecule has 2 bridgehead atoms. The van der Waals surface area contributed by atoms with Crippen LogP contribution in [0.1, 0.15) is 67.4 Å². The first-order chi connectivity index (χ1) is 17.4. The van der Waals surface area contributed by atoms with E-state index in [0.717, 1.165) is 37.8 Å². The maximum Gasteiger partial charge on any atom is 0.263 e. The van der Waals surface area contributed by atoms with E-state index in [-0.39, 0.29) is 28.9 Å². The molecule has 7 rings (SSSR count). The van der Waals surface area contributed by atoms with Crippen LogP contribution in [0.2, 0.25) is 0 Å². The first-order valence-electron chi connectivity index (χ1n) is 12.6. The van der Waals surface area contributed by atoms with Crippen LogP contribution in [-0.2, 0) is 4.79 Å². The van der Waals surface area contributed by atoms with Crippen molar-refractivity contribution in [1.29, 1.82) is 0 Å². The van der Waals surface area contributed by atoms with E-state index in [9.17, 15) is 14.4 Å². The first kappa shape index (κ1) is 22.8. The fourth-order valence-corrected chi connectivity index (χ4v) is 5.86. The number of carbonyl (C=O) groups excluding carboxylic acids is 2. The summed E-state index contributed by atoms with van der Waals surface area (Å²) < 4.78 is 1.69. The van der Waals surface area contributed by atoms with E-state index >= 15 is 0 Å². The van der Waals surface area contributed by atoms with Crippen LogP contribution < -0.4 is 21.1 Å². The molecule has 3 aromatic rings. The fourth-order valence-electron chi connectivity index (χ4n) is 5.86. The lowest BCUT2D eigenvalue weighted by Crippen LogP contribution is -2.53. The maximum absolute atomic E-state index is 13.4. The number of amides is 1. The zero-order chi connectivity index (χ0) is 25.0. The number of nitrogens with one attached hydrogen (secondary N) is 2. The topological polar surface area (TPSA) is 122 Å². The van der Waals surface area contributed by atoms with Crippen molar-refractivity contribution < 1.29 is 9.59 Å². The van der Waals surface area contributed by atoms with Crippen molar-refractivity contribution in [2.24, 2.45) is 0 Å². The smallest absolute Gasteiger partial charge is 0.263 e. The van der Waals surface area contributed by atoms with E-state index in [2.05, 4.69) is 20.6 Å². The molecule has 3 aromatic heterocycles. The van der Waals surface area contributed by atoms with E-state index in [1.54, 1.807) is 34.9 Å². The normalized spacial score (nSPS) is 21.9. The van der Waals surface area contributed by atoms with Gasteiger partial charge in [0, 0.05) is 42.7 Å². The predicted octanol–water partition coefficient (Wildman–Crippen LogP) is 3.02. The number of nitrogens with zero attached hydrogens (tertiary/aromatic N) is 5. The average molecular weight is 488 g/mol. The number of rotatable bonds is 5. The third kappa shape index (κ3) is 3.85. The molecule has 36 heavy (non-hydrogen) atoms. The minimum atomic E-state index is -0.277. The van der Waals surface area contributed by atoms with Crippen molar-refractivity contribution in [3.05, 3.63) is 46.0 Å². The molecule has 4 aliphatic rings. The Balaban J connectivity index is 1.32. The summed E-state index contributed by atoms with van der Waals surface area (Å²) in [4.78, 5) is 53.7. The molecule has 6 heterocycles. The summed E-state index contributed by atoms with van der Waals surface area (Å²) in [6.45, 7) is 3.86. The molecule has 1 amide bonds. The predicted molar refractivity (Wildman–Crippen MR) is 136 cm³/mol. The van der Waals surface area contributed by atoms with Crippen LogP contribution in [0.25, 0.3) is 11.0 Å². The van der Waals surface area contributed by atoms with E-state index in [1.165, 1.54) is 6.92 Å². The number of aryl methyl sites for hydroxylation is 1. The lowest BCUT2D eigenvalue weighted by Gasteiger charge is -2.34. The zero-order valence-electron chi connectivity index (χ0n) is 20.5. The van der Waals surface area contributed by atoms with E-state index < -0.39 is 0 Å². The lowest BCUT2D eigenvalue weighted by molar-refractivity contribution is -0.118. The van der Waals surface area contributed by atoms with Crippen LogP contribution in [0.5, 0.6) is 0 Å². The zero-order valence-corrected chi connectivity index (χ0v) is 20.5. The first-order valence-corrected chi connectivity index (χ1v) is 12.6. The minimum Gasteiger partial charge on any atom is -0.309 e. The van der Waals surface area contributed by atoms with Crippen molar-refractivity contribution in [2.45, 2.75) is 70.5 Å². The number of pyridine rings is 2. The van der Waals surface area contributed by atoms with Gasteiger partial charge >= 0.3 is 0 Å². The van der Waals surface area contributed by atoms with Crippen LogP contribution in [-0.4, -0.2) is 49.8 Å². The second kappa shape index (κ2) is 8.77. The molecule has 186 valence electrons. The van der Waals surface area contributed by atoms with E-state index in [1.807, 2.05) is 6.07 Å². The van der Waals surface area contributed by atoms with Gasteiger partial charge in [0.25, 0.3) is 5.56 Å². The largest absolute Gasteiger partial charge is 0.309 e. The Morgan fingerprint density at radius 3 is 2.58 bits per heavy atom. The van der Waals surface area contributed by atoms with Gasteiger partial charge in [-0.15, -0.1) is 0 Å². The molecule has 2 atom stereocenters. The molecule has 0 radical (unpaired) electrons. The second-order valence-electron chi connectivity index (χ2n) is 10.1. The van der Waals surface area contributed by atoms with Crippen LogP contribution in [0.4, 0.5) is 17.5 Å². The quantitative estimate of drug-likeness (QED) is 0.527. The van der Waals surface area contributed by atoms with Gasteiger partial charge in [0.1, 0.15) is 11.5 Å². The summed E-state index contributed by atoms with van der Waals surface area (Å²) in [5, 5.41) is 7.25. The number of aromatic nitrogens is 4. The van der Waals surface area contributed by atoms with Crippen LogP contribution in [0.3, 0.4) is 0 Å². The number of ketones is 1. The van der Waals surface area contributed by atoms with Crippen LogP contribution >= 0.6 is 0 Å². The van der Waals surface area contributed by atoms with Crippen molar-refractivity contribution in [2.75, 3.05) is 16.8 Å². The molecule has 3 aliphatic heterocycles. The SMILES string of the molecule is CC(=O)c1c(C)c2cnc(Nc3ccc(N4C[C@@H]5C[C@H](CC4=O)N5)cn3)nc2n(C2CCCC2)c1=O. The molecular weight excluding hydrogens is 458 g/mol. The third-order valence-corrected chi connectivity index (χ3v) is 7.72. The number of Topliss-reactive ketones (excluding diaryl/α,β-unsaturated/α-hetero) is 1. The number of fused-ring (bicyclic) bond motifs is 4. The molecule has 2 N–H and O–H groups in total. The molecule has 1 aliphatic carbocycles. The summed E-state index contributed by atoms with van der Waals surface area (Å²) in [5.41, 5.74) is 1.85. The lowest BCUT2D eigenvalue weighted by atomic mass is 9.96. The maximum atomic E-state index is 13.4. The number of carbonyl (C=O) groups is 2. The van der Waals surface area contributed by atoms with Gasteiger partial charge in [-0.2, -0.15) is 4.98 Å². The Morgan fingerprint density at radius 1 is 1.11 bits per heavy atom. The Bertz CT molecular complexity index is 1420. The highest BCUT2D eigenvalue weighted by Crippen LogP contribution is 2.32. The van der Waals surface area contributed by atoms with Gasteiger partial charge < -0.3 is 15.5 Å². The van der Waals surface area contributed by atoms with Gasteiger partial charge in [-0.05, 0) is 50.8 Å². The van der Waals surface area contributed by atoms with E-state index in [0.29, 0.717) is 53.4 Å². The van der Waals surface area contributed by atoms with E-state index in [4.69, 9.17) is 4.98 Å². The van der Waals surface area contributed by atoms with Gasteiger partial charge in [-0.3, -0.25) is 19.0 Å². The Labute approximate surface area is 208 Å². The summed E-state index contributed by atoms with van der Waals surface area (Å²) in [6.07, 6.45) is 8.76. The Hall–Kier alpha value is -3.66. The number of hydrogen-bond donors (Lipinski definition) is 2. The molecule has 4 fully saturated rings. The highest BCUT2D eigenvalue weighted by molar-refractivity contribution is 5.99. The summed E-state index contributed by atoms with van der Waals surface area (Å²) in [7, 11) is 0. The second-order valence-corrected chi connectivity index (χ2v) is 10.1. The molecule has 0 unspecified atom stereocenters. The summed E-state index contributed by atoms with van der Waals surface area (Å²) >= 11 is 0. The molecule has 0 spiro atoms. The van der Waals surface area contributed by atoms with Crippen molar-refractivity contribution >= 4 is 40.2 Å². The molecule has 0 aromatic carbocycles. The monoisotopic (exact) mass is 487 g/mol. The highest BCUT2D eigenvalue weighted by atomic mass is 16.2. The summed E-state index contributed by atoms with van der Waals surface area (Å²) in [6, 6.07) is 4.32. The number of hydrogen-bond acceptors (Lipinski definition) is 8. The Morgan fingerprint density at radius 2 is 1.89 bits per heavy atom. The molecule has 3 saturated heterocycles. The highest BCUT2D eigenvalue weighted by Gasteiger charge is 2.37. The van der Waals surface area contributed by atoms with Crippen LogP contribution in [0, 0.1) is 6.92 Å². The van der Waals surface area contributed by atoms with Gasteiger partial charge in [-0.25, -0.2) is 9.97 Å². The van der Waals surface area contributed by atoms with Gasteiger partial charge in [-0.1, -0.05) is 12.8 Å². The van der Waals surface area contributed by atoms with Gasteiger partial charge in [0.15, 0.2) is 5.78 Å². The molecule has 10 nitrogen and oxygen atoms in total. The van der Waals surface area contributed by atoms with Crippen molar-refractivity contribution in [1.82, 2.24) is 24.8 Å². The van der Waals surface area contributed by atoms with Crippen LogP contribution in [0.15, 0.2) is 29.3 Å². The number of anilines is 3. The molecule has 10 heteroatoms. The van der Waals surface area contributed by atoms with Gasteiger partial charge in [0.2, 0.25) is 11.9 Å². The standard InChI is InChI=1S/C26H29N7O3/c1-14-20-12-28-26(31-24(20)33(18-5-3-4-6-18)25(36)23(14)15(2)34)30-21-8-7-19(11-27-21)32-13-17-9-16(29-17)10-22(32)35/h7-8,11-12,16-18,29H,3-6,9-10,13H2,1-2H3,(H,27,28,30,31)/t16-,17+/m1/s1. The van der Waals surface area contributed by atoms with Crippen molar-refractivity contribution in [3.63, 3.8) is 0 Å². The Kier molecular flexibility index (Phi) is 5.55. The molecule has 1 saturated carbocycles. The summed E-state index contributed by atoms with van der Waals surface area (Å²) in [5.74, 6) is 0.723. The average Bonchev–Trinajstić information content (AvgIpc) is 3.23. The fraction of sp³-hybridized carbons (Fsp3) is 0.462. The van der Waals surface area contributed by atoms with Crippen molar-refractivity contribution in [3.8, 4) is 0 Å². The third-order valence-electron chi connectivity index (χ3n) is 7.72. The molecular formula is C26H29N7O3. The minimum absolute atomic E-state index is 0.0191. The van der Waals surface area contributed by atoms with Gasteiger partial charge in [0.05, 0.1) is 17.4 Å².